The Kier molecular flexibility index (Phi) is 8.43. The topological polar surface area (TPSA) is 106 Å². The van der Waals surface area contributed by atoms with Gasteiger partial charge in [0.2, 0.25) is 5.91 Å². The summed E-state index contributed by atoms with van der Waals surface area (Å²) >= 11 is 0. The molecule has 0 aliphatic carbocycles. The number of carbonyl (C=O) groups excluding carboxylic acids is 3. The first-order chi connectivity index (χ1) is 14.6. The lowest BCUT2D eigenvalue weighted by Crippen LogP contribution is -2.37. The van der Waals surface area contributed by atoms with E-state index in [1.165, 1.54) is 0 Å². The Hall–Kier alpha value is -3.55. The van der Waals surface area contributed by atoms with E-state index in [2.05, 4.69) is 16.0 Å². The number of rotatable bonds is 8. The third kappa shape index (κ3) is 9.66. The molecule has 2 rings (SSSR count). The molecule has 0 saturated carbocycles. The maximum atomic E-state index is 11.9. The highest BCUT2D eigenvalue weighted by Gasteiger charge is 2.16. The van der Waals surface area contributed by atoms with Crippen LogP contribution in [0.1, 0.15) is 31.9 Å². The van der Waals surface area contributed by atoms with Crippen LogP contribution < -0.4 is 20.7 Å². The van der Waals surface area contributed by atoms with Gasteiger partial charge in [0.25, 0.3) is 5.91 Å². The lowest BCUT2D eigenvalue weighted by Gasteiger charge is -2.19. The fourth-order valence-corrected chi connectivity index (χ4v) is 2.41. The minimum atomic E-state index is -0.653. The zero-order valence-electron chi connectivity index (χ0n) is 18.3. The maximum Gasteiger partial charge on any atom is 0.408 e. The molecule has 2 aromatic rings. The van der Waals surface area contributed by atoms with Gasteiger partial charge in [-0.3, -0.25) is 9.59 Å². The van der Waals surface area contributed by atoms with Gasteiger partial charge in [0.1, 0.15) is 17.9 Å². The lowest BCUT2D eigenvalue weighted by atomic mass is 10.2. The molecule has 0 saturated heterocycles. The van der Waals surface area contributed by atoms with E-state index in [0.29, 0.717) is 18.0 Å². The number of anilines is 1. The Morgan fingerprint density at radius 3 is 2.13 bits per heavy atom. The van der Waals surface area contributed by atoms with Crippen LogP contribution in [-0.2, 0) is 20.9 Å². The number of nitrogens with one attached hydrogen (secondary N) is 3. The number of hydrogen-bond acceptors (Lipinski definition) is 5. The Bertz CT molecular complexity index is 887. The average Bonchev–Trinajstić information content (AvgIpc) is 2.70. The maximum absolute atomic E-state index is 11.9. The number of ether oxygens (including phenoxy) is 2. The van der Waals surface area contributed by atoms with E-state index in [4.69, 9.17) is 9.47 Å². The first kappa shape index (κ1) is 23.7. The van der Waals surface area contributed by atoms with Crippen LogP contribution in [0.2, 0.25) is 0 Å². The van der Waals surface area contributed by atoms with Crippen LogP contribution in [0.5, 0.6) is 5.75 Å². The van der Waals surface area contributed by atoms with Gasteiger partial charge >= 0.3 is 6.09 Å². The van der Waals surface area contributed by atoms with Crippen LogP contribution >= 0.6 is 0 Å². The molecule has 0 aliphatic rings. The van der Waals surface area contributed by atoms with Crippen molar-refractivity contribution in [1.82, 2.24) is 10.6 Å². The molecule has 3 N–H and O–H groups in total. The number of alkyl carbamates (subject to hydrolysis) is 1. The molecule has 0 unspecified atom stereocenters. The van der Waals surface area contributed by atoms with Crippen molar-refractivity contribution in [2.24, 2.45) is 0 Å². The third-order valence-corrected chi connectivity index (χ3v) is 3.91. The second-order valence-corrected chi connectivity index (χ2v) is 7.98. The van der Waals surface area contributed by atoms with Crippen LogP contribution in [0, 0.1) is 6.92 Å². The molecular formula is C23H29N3O5. The van der Waals surface area contributed by atoms with E-state index >= 15 is 0 Å². The molecule has 0 aliphatic heterocycles. The predicted octanol–water partition coefficient (Wildman–Crippen LogP) is 3.15. The van der Waals surface area contributed by atoms with Crippen molar-refractivity contribution in [3.8, 4) is 5.75 Å². The second kappa shape index (κ2) is 11.0. The molecule has 2 aromatic carbocycles. The van der Waals surface area contributed by atoms with Crippen LogP contribution in [0.25, 0.3) is 0 Å². The molecule has 0 atom stereocenters. The molecule has 31 heavy (non-hydrogen) atoms. The van der Waals surface area contributed by atoms with Gasteiger partial charge in [0.15, 0.2) is 6.61 Å². The van der Waals surface area contributed by atoms with E-state index in [1.54, 1.807) is 45.0 Å². The summed E-state index contributed by atoms with van der Waals surface area (Å²) in [6.07, 6.45) is -0.653. The molecule has 8 nitrogen and oxygen atoms in total. The highest BCUT2D eigenvalue weighted by atomic mass is 16.6. The molecule has 0 bridgehead atoms. The molecule has 0 heterocycles. The molecule has 0 spiro atoms. The number of carbonyl (C=O) groups is 3. The Labute approximate surface area is 182 Å². The summed E-state index contributed by atoms with van der Waals surface area (Å²) in [5.74, 6) is 0.0355. The van der Waals surface area contributed by atoms with Crippen LogP contribution in [0.3, 0.4) is 0 Å². The summed E-state index contributed by atoms with van der Waals surface area (Å²) in [5.41, 5.74) is 1.94. The summed E-state index contributed by atoms with van der Waals surface area (Å²) in [4.78, 5) is 35.5. The summed E-state index contributed by atoms with van der Waals surface area (Å²) in [5, 5.41) is 7.85. The van der Waals surface area contributed by atoms with E-state index in [9.17, 15) is 14.4 Å². The first-order valence-electron chi connectivity index (χ1n) is 9.92. The minimum absolute atomic E-state index is 0.0676. The molecule has 0 radical (unpaired) electrons. The first-order valence-corrected chi connectivity index (χ1v) is 9.92. The Balaban J connectivity index is 1.69. The Morgan fingerprint density at radius 1 is 0.871 bits per heavy atom. The van der Waals surface area contributed by atoms with Crippen LogP contribution in [-0.4, -0.2) is 36.7 Å². The Morgan fingerprint density at radius 2 is 1.52 bits per heavy atom. The summed E-state index contributed by atoms with van der Waals surface area (Å²) in [7, 11) is 0. The summed E-state index contributed by atoms with van der Waals surface area (Å²) in [6.45, 7) is 7.28. The van der Waals surface area contributed by atoms with E-state index in [1.807, 2.05) is 31.2 Å². The van der Waals surface area contributed by atoms with Crippen molar-refractivity contribution in [3.05, 3.63) is 59.7 Å². The number of hydrogen-bond donors (Lipinski definition) is 3. The van der Waals surface area contributed by atoms with Crippen LogP contribution in [0.4, 0.5) is 10.5 Å². The van der Waals surface area contributed by atoms with Crippen molar-refractivity contribution >= 4 is 23.6 Å². The number of amides is 3. The largest absolute Gasteiger partial charge is 0.484 e. The molecule has 166 valence electrons. The van der Waals surface area contributed by atoms with E-state index in [0.717, 1.165) is 11.1 Å². The van der Waals surface area contributed by atoms with Gasteiger partial charge in [-0.1, -0.05) is 29.8 Å². The quantitative estimate of drug-likeness (QED) is 0.600. The van der Waals surface area contributed by atoms with E-state index < -0.39 is 11.7 Å². The highest BCUT2D eigenvalue weighted by Crippen LogP contribution is 2.12. The number of aryl methyl sites for hydroxylation is 1. The van der Waals surface area contributed by atoms with Crippen molar-refractivity contribution in [1.29, 1.82) is 0 Å². The summed E-state index contributed by atoms with van der Waals surface area (Å²) in [6, 6.07) is 14.5. The predicted molar refractivity (Wildman–Crippen MR) is 118 cm³/mol. The van der Waals surface area contributed by atoms with Crippen molar-refractivity contribution in [2.75, 3.05) is 18.5 Å². The second-order valence-electron chi connectivity index (χ2n) is 7.98. The third-order valence-electron chi connectivity index (χ3n) is 3.91. The molecule has 0 aromatic heterocycles. The van der Waals surface area contributed by atoms with Crippen molar-refractivity contribution < 1.29 is 23.9 Å². The van der Waals surface area contributed by atoms with Crippen molar-refractivity contribution in [2.45, 2.75) is 39.8 Å². The van der Waals surface area contributed by atoms with Gasteiger partial charge in [-0.2, -0.15) is 0 Å². The SMILES string of the molecule is Cc1ccc(OCC(=O)NCc2ccc(NC(=O)CNC(=O)OC(C)(C)C)cc2)cc1. The fourth-order valence-electron chi connectivity index (χ4n) is 2.41. The van der Waals surface area contributed by atoms with Gasteiger partial charge in [0.05, 0.1) is 0 Å². The standard InChI is InChI=1S/C23H29N3O5/c1-16-5-11-19(12-6-16)30-15-21(28)24-13-17-7-9-18(10-8-17)26-20(27)14-25-22(29)31-23(2,3)4/h5-12H,13-15H2,1-4H3,(H,24,28)(H,25,29)(H,26,27). The van der Waals surface area contributed by atoms with Crippen LogP contribution in [0.15, 0.2) is 48.5 Å². The molecule has 0 fully saturated rings. The average molecular weight is 428 g/mol. The lowest BCUT2D eigenvalue weighted by molar-refractivity contribution is -0.123. The monoisotopic (exact) mass is 427 g/mol. The number of benzene rings is 2. The van der Waals surface area contributed by atoms with Gasteiger partial charge in [-0.05, 0) is 57.5 Å². The van der Waals surface area contributed by atoms with Gasteiger partial charge < -0.3 is 25.4 Å². The van der Waals surface area contributed by atoms with Gasteiger partial charge in [-0.25, -0.2) is 4.79 Å². The smallest absolute Gasteiger partial charge is 0.408 e. The zero-order valence-corrected chi connectivity index (χ0v) is 18.3. The van der Waals surface area contributed by atoms with Gasteiger partial charge in [-0.15, -0.1) is 0 Å². The van der Waals surface area contributed by atoms with E-state index in [-0.39, 0.29) is 25.0 Å². The fraction of sp³-hybridized carbons (Fsp3) is 0.348. The minimum Gasteiger partial charge on any atom is -0.484 e. The molecular weight excluding hydrogens is 398 g/mol. The highest BCUT2D eigenvalue weighted by molar-refractivity contribution is 5.93. The van der Waals surface area contributed by atoms with Gasteiger partial charge in [0, 0.05) is 12.2 Å². The van der Waals surface area contributed by atoms with Crippen molar-refractivity contribution in [3.63, 3.8) is 0 Å². The zero-order chi connectivity index (χ0) is 22.9. The normalized spacial score (nSPS) is 10.7. The molecule has 3 amide bonds. The molecule has 8 heteroatoms. The summed E-state index contributed by atoms with van der Waals surface area (Å²) < 4.78 is 10.5.